The number of fused-ring (bicyclic) bond motifs is 1. The van der Waals surface area contributed by atoms with Gasteiger partial charge in [-0.05, 0) is 47.9 Å². The smallest absolute Gasteiger partial charge is 0.247 e. The lowest BCUT2D eigenvalue weighted by Crippen LogP contribution is -2.57. The molecule has 0 unspecified atom stereocenters. The van der Waals surface area contributed by atoms with Gasteiger partial charge in [0.1, 0.15) is 18.2 Å². The van der Waals surface area contributed by atoms with Crippen molar-refractivity contribution in [2.45, 2.75) is 25.9 Å². The van der Waals surface area contributed by atoms with E-state index >= 15 is 0 Å². The van der Waals surface area contributed by atoms with Crippen molar-refractivity contribution < 1.29 is 9.59 Å². The standard InChI is InChI=1S/C24H24ClN5O2/c1-2-21-24(32)29(14-17-5-9-19-20(13-17)27-15-28-23(19)26)11-12-30(21)22(31)10-6-16-3-7-18(25)8-4-16/h3-10,13,15,21H,2,11-12,14H2,1H3,(H2,26,27,28)/t21-/m0/s1. The Balaban J connectivity index is 1.45. The molecule has 0 radical (unpaired) electrons. The summed E-state index contributed by atoms with van der Waals surface area (Å²) < 4.78 is 0. The topological polar surface area (TPSA) is 92.4 Å². The summed E-state index contributed by atoms with van der Waals surface area (Å²) in [6.45, 7) is 3.33. The maximum Gasteiger partial charge on any atom is 0.247 e. The van der Waals surface area contributed by atoms with Gasteiger partial charge in [0.2, 0.25) is 11.8 Å². The summed E-state index contributed by atoms with van der Waals surface area (Å²) in [7, 11) is 0. The number of benzene rings is 2. The monoisotopic (exact) mass is 449 g/mol. The molecule has 2 heterocycles. The number of nitrogens with two attached hydrogens (primary N) is 1. The molecule has 1 saturated heterocycles. The zero-order chi connectivity index (χ0) is 22.7. The quantitative estimate of drug-likeness (QED) is 0.601. The Bertz CT molecular complexity index is 1180. The molecule has 1 aliphatic heterocycles. The molecule has 1 atom stereocenters. The van der Waals surface area contributed by atoms with Crippen LogP contribution in [0.1, 0.15) is 24.5 Å². The molecular weight excluding hydrogens is 426 g/mol. The van der Waals surface area contributed by atoms with Gasteiger partial charge >= 0.3 is 0 Å². The number of piperazine rings is 1. The van der Waals surface area contributed by atoms with Crippen LogP contribution in [0.2, 0.25) is 5.02 Å². The van der Waals surface area contributed by atoms with E-state index in [1.165, 1.54) is 12.4 Å². The van der Waals surface area contributed by atoms with Crippen LogP contribution in [0.5, 0.6) is 0 Å². The number of rotatable bonds is 5. The van der Waals surface area contributed by atoms with Gasteiger partial charge in [0.25, 0.3) is 0 Å². The lowest BCUT2D eigenvalue weighted by molar-refractivity contribution is -0.149. The molecule has 164 valence electrons. The van der Waals surface area contributed by atoms with Gasteiger partial charge < -0.3 is 15.5 Å². The fraction of sp³-hybridized carbons (Fsp3) is 0.250. The van der Waals surface area contributed by atoms with Crippen LogP contribution in [0.15, 0.2) is 54.9 Å². The number of nitrogen functional groups attached to an aromatic ring is 1. The predicted molar refractivity (Wildman–Crippen MR) is 126 cm³/mol. The molecule has 0 saturated carbocycles. The van der Waals surface area contributed by atoms with Gasteiger partial charge in [-0.15, -0.1) is 0 Å². The summed E-state index contributed by atoms with van der Waals surface area (Å²) in [6, 6.07) is 12.5. The second-order valence-corrected chi connectivity index (χ2v) is 8.15. The molecule has 2 amide bonds. The second kappa shape index (κ2) is 9.36. The fourth-order valence-corrected chi connectivity index (χ4v) is 4.06. The van der Waals surface area contributed by atoms with Crippen LogP contribution in [-0.2, 0) is 16.1 Å². The molecule has 8 heteroatoms. The molecular formula is C24H24ClN5O2. The van der Waals surface area contributed by atoms with Crippen LogP contribution in [0.3, 0.4) is 0 Å². The number of aromatic nitrogens is 2. The molecule has 2 aromatic carbocycles. The third kappa shape index (κ3) is 4.57. The number of anilines is 1. The molecule has 1 aromatic heterocycles. The zero-order valence-electron chi connectivity index (χ0n) is 17.7. The Labute approximate surface area is 191 Å². The summed E-state index contributed by atoms with van der Waals surface area (Å²) in [5, 5.41) is 1.43. The van der Waals surface area contributed by atoms with Gasteiger partial charge in [0.15, 0.2) is 0 Å². The van der Waals surface area contributed by atoms with Crippen molar-refractivity contribution in [1.82, 2.24) is 19.8 Å². The first-order chi connectivity index (χ1) is 15.5. The Morgan fingerprint density at radius 2 is 1.97 bits per heavy atom. The number of amides is 2. The van der Waals surface area contributed by atoms with Gasteiger partial charge in [-0.1, -0.05) is 36.7 Å². The minimum absolute atomic E-state index is 0.0470. The average molecular weight is 450 g/mol. The molecule has 32 heavy (non-hydrogen) atoms. The van der Waals surface area contributed by atoms with E-state index in [1.807, 2.05) is 37.3 Å². The van der Waals surface area contributed by atoms with E-state index in [0.29, 0.717) is 36.9 Å². The van der Waals surface area contributed by atoms with Crippen LogP contribution in [0.4, 0.5) is 5.82 Å². The summed E-state index contributed by atoms with van der Waals surface area (Å²) in [5.41, 5.74) is 8.48. The molecule has 7 nitrogen and oxygen atoms in total. The van der Waals surface area contributed by atoms with Crippen molar-refractivity contribution in [3.05, 3.63) is 71.0 Å². The molecule has 0 aliphatic carbocycles. The highest BCUT2D eigenvalue weighted by Gasteiger charge is 2.35. The minimum atomic E-state index is -0.482. The Morgan fingerprint density at radius 1 is 1.19 bits per heavy atom. The lowest BCUT2D eigenvalue weighted by atomic mass is 10.1. The van der Waals surface area contributed by atoms with E-state index in [2.05, 4.69) is 9.97 Å². The summed E-state index contributed by atoms with van der Waals surface area (Å²) in [6.07, 6.45) is 5.24. The predicted octanol–water partition coefficient (Wildman–Crippen LogP) is 3.53. The molecule has 0 bridgehead atoms. The molecule has 2 N–H and O–H groups in total. The minimum Gasteiger partial charge on any atom is -0.383 e. The number of carbonyl (C=O) groups excluding carboxylic acids is 2. The Morgan fingerprint density at radius 3 is 2.72 bits per heavy atom. The van der Waals surface area contributed by atoms with Crippen molar-refractivity contribution in [2.24, 2.45) is 0 Å². The summed E-state index contributed by atoms with van der Waals surface area (Å²) in [5.74, 6) is 0.217. The van der Waals surface area contributed by atoms with Gasteiger partial charge in [-0.2, -0.15) is 0 Å². The number of hydrogen-bond donors (Lipinski definition) is 1. The van der Waals surface area contributed by atoms with Crippen molar-refractivity contribution >= 4 is 46.2 Å². The summed E-state index contributed by atoms with van der Waals surface area (Å²) >= 11 is 5.90. The van der Waals surface area contributed by atoms with Gasteiger partial charge in [-0.25, -0.2) is 9.97 Å². The van der Waals surface area contributed by atoms with E-state index in [1.54, 1.807) is 28.0 Å². The van der Waals surface area contributed by atoms with E-state index in [-0.39, 0.29) is 11.8 Å². The number of halogens is 1. The Kier molecular flexibility index (Phi) is 6.37. The third-order valence-electron chi connectivity index (χ3n) is 5.65. The zero-order valence-corrected chi connectivity index (χ0v) is 18.5. The van der Waals surface area contributed by atoms with Gasteiger partial charge in [0.05, 0.1) is 5.52 Å². The second-order valence-electron chi connectivity index (χ2n) is 7.71. The van der Waals surface area contributed by atoms with Crippen molar-refractivity contribution in [1.29, 1.82) is 0 Å². The highest BCUT2D eigenvalue weighted by molar-refractivity contribution is 6.30. The van der Waals surface area contributed by atoms with E-state index < -0.39 is 6.04 Å². The Hall–Kier alpha value is -3.45. The van der Waals surface area contributed by atoms with E-state index in [4.69, 9.17) is 17.3 Å². The van der Waals surface area contributed by atoms with Crippen LogP contribution >= 0.6 is 11.6 Å². The normalized spacial score (nSPS) is 16.8. The molecule has 4 rings (SSSR count). The van der Waals surface area contributed by atoms with Crippen LogP contribution < -0.4 is 5.73 Å². The van der Waals surface area contributed by atoms with E-state index in [0.717, 1.165) is 22.0 Å². The first kappa shape index (κ1) is 21.8. The first-order valence-electron chi connectivity index (χ1n) is 10.5. The number of nitrogens with zero attached hydrogens (tertiary/aromatic N) is 4. The van der Waals surface area contributed by atoms with Crippen LogP contribution in [0.25, 0.3) is 17.0 Å². The molecule has 1 fully saturated rings. The highest BCUT2D eigenvalue weighted by atomic mass is 35.5. The molecule has 0 spiro atoms. The molecule has 1 aliphatic rings. The third-order valence-corrected chi connectivity index (χ3v) is 5.90. The maximum absolute atomic E-state index is 13.2. The fourth-order valence-electron chi connectivity index (χ4n) is 3.93. The van der Waals surface area contributed by atoms with Crippen molar-refractivity contribution in [2.75, 3.05) is 18.8 Å². The maximum atomic E-state index is 13.2. The van der Waals surface area contributed by atoms with E-state index in [9.17, 15) is 9.59 Å². The van der Waals surface area contributed by atoms with Crippen LogP contribution in [-0.4, -0.2) is 50.7 Å². The first-order valence-corrected chi connectivity index (χ1v) is 10.9. The van der Waals surface area contributed by atoms with Gasteiger partial charge in [-0.3, -0.25) is 9.59 Å². The van der Waals surface area contributed by atoms with Crippen molar-refractivity contribution in [3.8, 4) is 0 Å². The lowest BCUT2D eigenvalue weighted by Gasteiger charge is -2.40. The molecule has 3 aromatic rings. The van der Waals surface area contributed by atoms with Gasteiger partial charge in [0, 0.05) is 36.1 Å². The van der Waals surface area contributed by atoms with Crippen LogP contribution in [0, 0.1) is 0 Å². The van der Waals surface area contributed by atoms with Crippen molar-refractivity contribution in [3.63, 3.8) is 0 Å². The largest absolute Gasteiger partial charge is 0.383 e. The SMILES string of the molecule is CC[C@H]1C(=O)N(Cc2ccc3c(N)ncnc3c2)CCN1C(=O)C=Cc1ccc(Cl)cc1. The average Bonchev–Trinajstić information content (AvgIpc) is 2.80. The number of hydrogen-bond acceptors (Lipinski definition) is 5. The number of carbonyl (C=O) groups is 2. The summed E-state index contributed by atoms with van der Waals surface area (Å²) in [4.78, 5) is 37.7. The highest BCUT2D eigenvalue weighted by Crippen LogP contribution is 2.22.